The van der Waals surface area contributed by atoms with E-state index in [1.807, 2.05) is 0 Å². The van der Waals surface area contributed by atoms with Gasteiger partial charge in [-0.3, -0.25) is 9.59 Å². The average Bonchev–Trinajstić information content (AvgIpc) is 2.27. The van der Waals surface area contributed by atoms with E-state index < -0.39 is 11.6 Å². The number of aliphatic carboxylic acids is 1. The van der Waals surface area contributed by atoms with Crippen LogP contribution < -0.4 is 10.1 Å². The smallest absolute Gasteiger partial charge is 0.307 e. The summed E-state index contributed by atoms with van der Waals surface area (Å²) in [6, 6.07) is 7.08. The molecule has 1 saturated carbocycles. The zero-order valence-corrected chi connectivity index (χ0v) is 10.8. The zero-order valence-electron chi connectivity index (χ0n) is 10.8. The van der Waals surface area contributed by atoms with Gasteiger partial charge in [-0.1, -0.05) is 12.1 Å². The highest BCUT2D eigenvalue weighted by molar-refractivity contribution is 5.90. The SMILES string of the molecule is CC(=O)Nc1ccccc1OC1(CC(=O)O)CCC1. The summed E-state index contributed by atoms with van der Waals surface area (Å²) in [5.74, 6) is -0.521. The van der Waals surface area contributed by atoms with Crippen molar-refractivity contribution in [2.75, 3.05) is 5.32 Å². The number of rotatable bonds is 5. The van der Waals surface area contributed by atoms with Crippen molar-refractivity contribution in [2.45, 2.75) is 38.2 Å². The molecule has 0 bridgehead atoms. The quantitative estimate of drug-likeness (QED) is 0.855. The molecule has 1 aromatic carbocycles. The summed E-state index contributed by atoms with van der Waals surface area (Å²) in [5.41, 5.74) is -0.0490. The molecule has 0 unspecified atom stereocenters. The van der Waals surface area contributed by atoms with Gasteiger partial charge < -0.3 is 15.2 Å². The third-order valence-electron chi connectivity index (χ3n) is 3.26. The van der Waals surface area contributed by atoms with Gasteiger partial charge in [0, 0.05) is 6.92 Å². The van der Waals surface area contributed by atoms with Crippen LogP contribution >= 0.6 is 0 Å². The van der Waals surface area contributed by atoms with E-state index in [4.69, 9.17) is 9.84 Å². The van der Waals surface area contributed by atoms with Crippen LogP contribution in [0.25, 0.3) is 0 Å². The van der Waals surface area contributed by atoms with Gasteiger partial charge in [-0.25, -0.2) is 0 Å². The molecule has 1 aromatic rings. The first-order valence-electron chi connectivity index (χ1n) is 6.28. The van der Waals surface area contributed by atoms with Gasteiger partial charge in [0.05, 0.1) is 12.1 Å². The number of carboxylic acid groups (broad SMARTS) is 1. The summed E-state index contributed by atoms with van der Waals surface area (Å²) in [7, 11) is 0. The summed E-state index contributed by atoms with van der Waals surface area (Å²) in [6.45, 7) is 1.42. The van der Waals surface area contributed by atoms with Gasteiger partial charge >= 0.3 is 5.97 Å². The molecular weight excluding hydrogens is 246 g/mol. The van der Waals surface area contributed by atoms with Crippen molar-refractivity contribution in [1.82, 2.24) is 0 Å². The molecule has 1 amide bonds. The second-order valence-corrected chi connectivity index (χ2v) is 4.89. The third-order valence-corrected chi connectivity index (χ3v) is 3.26. The van der Waals surface area contributed by atoms with Crippen LogP contribution in [0.4, 0.5) is 5.69 Å². The van der Waals surface area contributed by atoms with Crippen LogP contribution in [-0.2, 0) is 9.59 Å². The summed E-state index contributed by atoms with van der Waals surface area (Å²) in [6.07, 6.45) is 2.42. The van der Waals surface area contributed by atoms with E-state index in [1.54, 1.807) is 24.3 Å². The highest BCUT2D eigenvalue weighted by Gasteiger charge is 2.41. The van der Waals surface area contributed by atoms with Crippen LogP contribution in [0.5, 0.6) is 5.75 Å². The Morgan fingerprint density at radius 1 is 1.37 bits per heavy atom. The lowest BCUT2D eigenvalue weighted by atomic mass is 9.77. The first-order chi connectivity index (χ1) is 9.01. The summed E-state index contributed by atoms with van der Waals surface area (Å²) in [5, 5.41) is 11.6. The fourth-order valence-corrected chi connectivity index (χ4v) is 2.24. The van der Waals surface area contributed by atoms with E-state index in [9.17, 15) is 9.59 Å². The molecule has 0 heterocycles. The second-order valence-electron chi connectivity index (χ2n) is 4.89. The van der Waals surface area contributed by atoms with Crippen LogP contribution in [0.2, 0.25) is 0 Å². The number of ether oxygens (including phenoxy) is 1. The van der Waals surface area contributed by atoms with Crippen molar-refractivity contribution in [1.29, 1.82) is 0 Å². The van der Waals surface area contributed by atoms with Gasteiger partial charge in [-0.15, -0.1) is 0 Å². The molecule has 19 heavy (non-hydrogen) atoms. The fourth-order valence-electron chi connectivity index (χ4n) is 2.24. The van der Waals surface area contributed by atoms with Crippen LogP contribution in [0, 0.1) is 0 Å². The van der Waals surface area contributed by atoms with Crippen molar-refractivity contribution in [3.05, 3.63) is 24.3 Å². The minimum atomic E-state index is -0.864. The van der Waals surface area contributed by atoms with Gasteiger partial charge in [0.25, 0.3) is 0 Å². The molecule has 0 saturated heterocycles. The van der Waals surface area contributed by atoms with Crippen molar-refractivity contribution in [3.8, 4) is 5.75 Å². The lowest BCUT2D eigenvalue weighted by Crippen LogP contribution is -2.45. The van der Waals surface area contributed by atoms with E-state index in [0.717, 1.165) is 19.3 Å². The van der Waals surface area contributed by atoms with Gasteiger partial charge in [0.15, 0.2) is 0 Å². The largest absolute Gasteiger partial charge is 0.484 e. The Labute approximate surface area is 111 Å². The Morgan fingerprint density at radius 2 is 2.05 bits per heavy atom. The molecule has 0 radical (unpaired) electrons. The van der Waals surface area contributed by atoms with Crippen LogP contribution in [0.3, 0.4) is 0 Å². The molecular formula is C14H17NO4. The van der Waals surface area contributed by atoms with E-state index in [2.05, 4.69) is 5.32 Å². The van der Waals surface area contributed by atoms with E-state index >= 15 is 0 Å². The van der Waals surface area contributed by atoms with Crippen molar-refractivity contribution < 1.29 is 19.4 Å². The van der Waals surface area contributed by atoms with Crippen molar-refractivity contribution in [3.63, 3.8) is 0 Å². The summed E-state index contributed by atoms with van der Waals surface area (Å²) < 4.78 is 5.89. The number of hydrogen-bond acceptors (Lipinski definition) is 3. The number of carbonyl (C=O) groups is 2. The minimum Gasteiger partial charge on any atom is -0.484 e. The Kier molecular flexibility index (Phi) is 3.74. The minimum absolute atomic E-state index is 0.0125. The molecule has 0 aliphatic heterocycles. The van der Waals surface area contributed by atoms with E-state index in [0.29, 0.717) is 11.4 Å². The normalized spacial score (nSPS) is 16.3. The number of amides is 1. The van der Waals surface area contributed by atoms with E-state index in [-0.39, 0.29) is 12.3 Å². The highest BCUT2D eigenvalue weighted by Crippen LogP contribution is 2.41. The third kappa shape index (κ3) is 3.24. The number of anilines is 1. The molecule has 1 fully saturated rings. The van der Waals surface area contributed by atoms with Crippen LogP contribution in [0.1, 0.15) is 32.6 Å². The Morgan fingerprint density at radius 3 is 2.58 bits per heavy atom. The first-order valence-corrected chi connectivity index (χ1v) is 6.28. The van der Waals surface area contributed by atoms with Gasteiger partial charge in [-0.05, 0) is 31.4 Å². The molecule has 0 atom stereocenters. The Hall–Kier alpha value is -2.04. The fraction of sp³-hybridized carbons (Fsp3) is 0.429. The summed E-state index contributed by atoms with van der Waals surface area (Å²) >= 11 is 0. The lowest BCUT2D eigenvalue weighted by molar-refractivity contribution is -0.144. The number of carbonyl (C=O) groups excluding carboxylic acids is 1. The maximum atomic E-state index is 11.1. The first kappa shape index (κ1) is 13.4. The predicted octanol–water partition coefficient (Wildman–Crippen LogP) is 2.42. The Bertz CT molecular complexity index is 494. The zero-order chi connectivity index (χ0) is 13.9. The second kappa shape index (κ2) is 5.30. The predicted molar refractivity (Wildman–Crippen MR) is 70.2 cm³/mol. The van der Waals surface area contributed by atoms with E-state index in [1.165, 1.54) is 6.92 Å². The van der Waals surface area contributed by atoms with Crippen LogP contribution in [-0.4, -0.2) is 22.6 Å². The maximum Gasteiger partial charge on any atom is 0.307 e. The number of nitrogens with one attached hydrogen (secondary N) is 1. The molecule has 102 valence electrons. The molecule has 5 nitrogen and oxygen atoms in total. The lowest BCUT2D eigenvalue weighted by Gasteiger charge is -2.41. The summed E-state index contributed by atoms with van der Waals surface area (Å²) in [4.78, 5) is 22.0. The molecule has 0 aromatic heterocycles. The van der Waals surface area contributed by atoms with Crippen molar-refractivity contribution in [2.24, 2.45) is 0 Å². The molecule has 2 N–H and O–H groups in total. The van der Waals surface area contributed by atoms with Crippen LogP contribution in [0.15, 0.2) is 24.3 Å². The maximum absolute atomic E-state index is 11.1. The molecule has 5 heteroatoms. The number of hydrogen-bond donors (Lipinski definition) is 2. The van der Waals surface area contributed by atoms with Gasteiger partial charge in [0.1, 0.15) is 11.4 Å². The van der Waals surface area contributed by atoms with Crippen molar-refractivity contribution >= 4 is 17.6 Å². The molecule has 2 rings (SSSR count). The topological polar surface area (TPSA) is 75.6 Å². The standard InChI is InChI=1S/C14H17NO4/c1-10(16)15-11-5-2-3-6-12(11)19-14(7-4-8-14)9-13(17)18/h2-3,5-6H,4,7-9H2,1H3,(H,15,16)(H,17,18). The van der Waals surface area contributed by atoms with Gasteiger partial charge in [-0.2, -0.15) is 0 Å². The number of carboxylic acids is 1. The Balaban J connectivity index is 2.17. The number of benzene rings is 1. The molecule has 0 spiro atoms. The molecule has 1 aliphatic rings. The van der Waals surface area contributed by atoms with Gasteiger partial charge in [0.2, 0.25) is 5.91 Å². The molecule has 1 aliphatic carbocycles. The highest BCUT2D eigenvalue weighted by atomic mass is 16.5. The average molecular weight is 263 g/mol. The monoisotopic (exact) mass is 263 g/mol. The number of para-hydroxylation sites is 2.